The number of hydrogen-bond acceptors (Lipinski definition) is 4. The van der Waals surface area contributed by atoms with Crippen LogP contribution in [0, 0.1) is 11.8 Å². The molecule has 0 radical (unpaired) electrons. The Morgan fingerprint density at radius 2 is 1.62 bits per heavy atom. The van der Waals surface area contributed by atoms with E-state index in [-0.39, 0.29) is 11.5 Å². The van der Waals surface area contributed by atoms with Gasteiger partial charge in [0.15, 0.2) is 0 Å². The maximum atomic E-state index is 3.46. The second-order valence-corrected chi connectivity index (χ2v) is 9.78. The normalized spacial score (nSPS) is 20.0. The Morgan fingerprint density at radius 3 is 2.21 bits per heavy atom. The maximum absolute atomic E-state index is 3.46. The van der Waals surface area contributed by atoms with E-state index in [1.165, 1.54) is 29.5 Å². The van der Waals surface area contributed by atoms with Gasteiger partial charge in [-0.25, -0.2) is 0 Å². The van der Waals surface area contributed by atoms with Gasteiger partial charge in [0, 0.05) is 23.2 Å². The van der Waals surface area contributed by atoms with Crippen molar-refractivity contribution < 1.29 is 0 Å². The van der Waals surface area contributed by atoms with E-state index in [4.69, 9.17) is 0 Å². The molecule has 1 N–H and O–H groups in total. The van der Waals surface area contributed by atoms with Crippen LogP contribution in [0.5, 0.6) is 0 Å². The van der Waals surface area contributed by atoms with Crippen molar-refractivity contribution in [2.75, 3.05) is 12.5 Å². The number of nitrogens with one attached hydrogen (secondary N) is 1. The first-order valence-electron chi connectivity index (χ1n) is 10.2. The summed E-state index contributed by atoms with van der Waals surface area (Å²) >= 11 is 3.65. The van der Waals surface area contributed by atoms with Crippen molar-refractivity contribution in [1.29, 1.82) is 0 Å². The van der Waals surface area contributed by atoms with Gasteiger partial charge in [0.2, 0.25) is 0 Å². The minimum atomic E-state index is 0.135. The van der Waals surface area contributed by atoms with Crippen molar-refractivity contribution in [1.82, 2.24) is 10.2 Å². The molecule has 29 heavy (non-hydrogen) atoms. The highest BCUT2D eigenvalue weighted by molar-refractivity contribution is 7.99. The quantitative estimate of drug-likeness (QED) is 0.600. The second kappa shape index (κ2) is 9.24. The number of benzene rings is 2. The van der Waals surface area contributed by atoms with Gasteiger partial charge in [-0.15, -0.1) is 11.8 Å². The summed E-state index contributed by atoms with van der Waals surface area (Å²) in [6.07, 6.45) is 11.4. The largest absolute Gasteiger partial charge is 0.369 e. The molecule has 1 aliphatic carbocycles. The SMILES string of the molecule is CSC(C)C1NC=CN1C(C#Cc1ccc(-c2ccc(C3CC3)cc2)cc1)SC. The van der Waals surface area contributed by atoms with Crippen LogP contribution in [0.15, 0.2) is 60.9 Å². The van der Waals surface area contributed by atoms with Crippen molar-refractivity contribution in [3.8, 4) is 23.0 Å². The first-order valence-corrected chi connectivity index (χ1v) is 12.7. The van der Waals surface area contributed by atoms with Gasteiger partial charge in [0.1, 0.15) is 11.5 Å². The predicted molar refractivity (Wildman–Crippen MR) is 129 cm³/mol. The van der Waals surface area contributed by atoms with Crippen molar-refractivity contribution in [3.05, 3.63) is 72.1 Å². The van der Waals surface area contributed by atoms with Crippen molar-refractivity contribution in [2.45, 2.75) is 42.5 Å². The number of hydrogen-bond donors (Lipinski definition) is 1. The molecular formula is C25H28N2S2. The first kappa shape index (κ1) is 20.3. The van der Waals surface area contributed by atoms with Gasteiger partial charge in [-0.05, 0) is 67.0 Å². The standard InChI is InChI=1S/C25H28N2S2/c1-18(28-2)25-26-16-17-27(25)24(29-3)15-6-19-4-7-20(8-5-19)21-9-11-22(12-10-21)23-13-14-23/h4-5,7-12,16-18,23-26H,13-14H2,1-3H3. The van der Waals surface area contributed by atoms with Crippen LogP contribution in [0.3, 0.4) is 0 Å². The monoisotopic (exact) mass is 420 g/mol. The Labute approximate surface area is 183 Å². The van der Waals surface area contributed by atoms with Crippen molar-refractivity contribution in [3.63, 3.8) is 0 Å². The minimum absolute atomic E-state index is 0.135. The van der Waals surface area contributed by atoms with E-state index in [9.17, 15) is 0 Å². The average molecular weight is 421 g/mol. The van der Waals surface area contributed by atoms with Gasteiger partial charge in [-0.1, -0.05) is 48.2 Å². The van der Waals surface area contributed by atoms with Crippen LogP contribution in [0.2, 0.25) is 0 Å². The highest BCUT2D eigenvalue weighted by Crippen LogP contribution is 2.40. The zero-order valence-corrected chi connectivity index (χ0v) is 18.9. The molecule has 2 nitrogen and oxygen atoms in total. The van der Waals surface area contributed by atoms with Crippen molar-refractivity contribution in [2.24, 2.45) is 0 Å². The molecule has 2 aromatic carbocycles. The highest BCUT2D eigenvalue weighted by atomic mass is 32.2. The second-order valence-electron chi connectivity index (χ2n) is 7.65. The number of rotatable bonds is 6. The van der Waals surface area contributed by atoms with Crippen LogP contribution < -0.4 is 5.32 Å². The molecule has 3 atom stereocenters. The van der Waals surface area contributed by atoms with E-state index in [2.05, 4.69) is 96.2 Å². The molecular weight excluding hydrogens is 392 g/mol. The Balaban J connectivity index is 1.45. The molecule has 0 spiro atoms. The third-order valence-electron chi connectivity index (χ3n) is 5.66. The Kier molecular flexibility index (Phi) is 6.47. The summed E-state index contributed by atoms with van der Waals surface area (Å²) in [7, 11) is 0. The van der Waals surface area contributed by atoms with Crippen LogP contribution in [0.4, 0.5) is 0 Å². The molecule has 2 aliphatic rings. The minimum Gasteiger partial charge on any atom is -0.369 e. The maximum Gasteiger partial charge on any atom is 0.139 e. The molecule has 2 aromatic rings. The van der Waals surface area contributed by atoms with Gasteiger partial charge in [-0.3, -0.25) is 0 Å². The molecule has 1 aliphatic heterocycles. The Morgan fingerprint density at radius 1 is 0.966 bits per heavy atom. The van der Waals surface area contributed by atoms with Crippen LogP contribution in [-0.2, 0) is 0 Å². The van der Waals surface area contributed by atoms with Crippen molar-refractivity contribution >= 4 is 23.5 Å². The summed E-state index contributed by atoms with van der Waals surface area (Å²) in [5.41, 5.74) is 5.07. The Hall–Kier alpha value is -1.96. The molecule has 4 heteroatoms. The molecule has 0 aromatic heterocycles. The average Bonchev–Trinajstić information content (AvgIpc) is 3.51. The van der Waals surface area contributed by atoms with Gasteiger partial charge in [-0.2, -0.15) is 11.8 Å². The van der Waals surface area contributed by atoms with Gasteiger partial charge in [0.25, 0.3) is 0 Å². The van der Waals surface area contributed by atoms with Gasteiger partial charge < -0.3 is 10.2 Å². The number of nitrogens with zero attached hydrogens (tertiary/aromatic N) is 1. The Bertz CT molecular complexity index is 905. The van der Waals surface area contributed by atoms with Crippen LogP contribution in [0.1, 0.15) is 36.8 Å². The van der Waals surface area contributed by atoms with Gasteiger partial charge >= 0.3 is 0 Å². The lowest BCUT2D eigenvalue weighted by Crippen LogP contribution is -2.45. The van der Waals surface area contributed by atoms with E-state index >= 15 is 0 Å². The fraction of sp³-hybridized carbons (Fsp3) is 0.360. The summed E-state index contributed by atoms with van der Waals surface area (Å²) in [6, 6.07) is 17.7. The zero-order valence-electron chi connectivity index (χ0n) is 17.3. The highest BCUT2D eigenvalue weighted by Gasteiger charge is 2.28. The molecule has 1 saturated carbocycles. The molecule has 0 amide bonds. The lowest BCUT2D eigenvalue weighted by molar-refractivity contribution is 0.290. The van der Waals surface area contributed by atoms with E-state index in [1.54, 1.807) is 11.8 Å². The predicted octanol–water partition coefficient (Wildman–Crippen LogP) is 5.73. The molecule has 150 valence electrons. The molecule has 1 heterocycles. The van der Waals surface area contributed by atoms with E-state index < -0.39 is 0 Å². The first-order chi connectivity index (χ1) is 14.2. The summed E-state index contributed by atoms with van der Waals surface area (Å²) in [6.45, 7) is 2.25. The third-order valence-corrected chi connectivity index (χ3v) is 7.47. The van der Waals surface area contributed by atoms with E-state index in [0.717, 1.165) is 11.5 Å². The smallest absolute Gasteiger partial charge is 0.139 e. The summed E-state index contributed by atoms with van der Waals surface area (Å²) < 4.78 is 0. The lowest BCUT2D eigenvalue weighted by atomic mass is 10.0. The fourth-order valence-electron chi connectivity index (χ4n) is 3.65. The van der Waals surface area contributed by atoms with Crippen LogP contribution in [0.25, 0.3) is 11.1 Å². The number of thioether (sulfide) groups is 2. The topological polar surface area (TPSA) is 15.3 Å². The lowest BCUT2D eigenvalue weighted by Gasteiger charge is -2.32. The molecule has 4 rings (SSSR count). The molecule has 1 fully saturated rings. The summed E-state index contributed by atoms with van der Waals surface area (Å²) in [5, 5.41) is 4.08. The third kappa shape index (κ3) is 4.79. The van der Waals surface area contributed by atoms with E-state index in [0.29, 0.717) is 5.25 Å². The molecule has 0 saturated heterocycles. The summed E-state index contributed by atoms with van der Waals surface area (Å²) in [4.78, 5) is 2.33. The summed E-state index contributed by atoms with van der Waals surface area (Å²) in [5.74, 6) is 7.65. The molecule has 3 unspecified atom stereocenters. The van der Waals surface area contributed by atoms with Crippen LogP contribution >= 0.6 is 23.5 Å². The van der Waals surface area contributed by atoms with Gasteiger partial charge in [0.05, 0.1) is 0 Å². The van der Waals surface area contributed by atoms with E-state index in [1.807, 2.05) is 18.0 Å². The fourth-order valence-corrected chi connectivity index (χ4v) is 4.75. The zero-order chi connectivity index (χ0) is 20.2. The molecule has 0 bridgehead atoms. The van der Waals surface area contributed by atoms with Crippen LogP contribution in [-0.4, -0.2) is 34.2 Å².